The van der Waals surface area contributed by atoms with Gasteiger partial charge in [-0.15, -0.1) is 0 Å². The number of hydrogen-bond donors (Lipinski definition) is 2. The van der Waals surface area contributed by atoms with E-state index in [0.29, 0.717) is 13.1 Å². The van der Waals surface area contributed by atoms with Crippen LogP contribution in [-0.2, 0) is 21.0 Å². The maximum Gasteiger partial charge on any atom is 0.407 e. The van der Waals surface area contributed by atoms with Gasteiger partial charge in [0.15, 0.2) is 0 Å². The molecule has 12 heteroatoms. The molecule has 0 aliphatic rings. The number of alkyl carbamates (subject to hydrolysis) is 2. The first-order valence-electron chi connectivity index (χ1n) is 13.2. The van der Waals surface area contributed by atoms with E-state index >= 15 is 0 Å². The maximum absolute atomic E-state index is 11.8. The summed E-state index contributed by atoms with van der Waals surface area (Å²) < 4.78 is 10.5. The van der Waals surface area contributed by atoms with Gasteiger partial charge in [-0.25, -0.2) is 9.59 Å². The zero-order valence-electron chi connectivity index (χ0n) is 24.9. The molecule has 0 aliphatic carbocycles. The highest BCUT2D eigenvalue weighted by Crippen LogP contribution is 2.40. The molecular weight excluding hydrogens is 585 g/mol. The molecule has 0 aliphatic heterocycles. The van der Waals surface area contributed by atoms with Gasteiger partial charge in [-0.1, -0.05) is 35.4 Å². The average molecular weight is 629 g/mol. The second-order valence-electron chi connectivity index (χ2n) is 10.0. The molecule has 0 unspecified atom stereocenters. The van der Waals surface area contributed by atoms with Crippen molar-refractivity contribution in [3.63, 3.8) is 0 Å². The summed E-state index contributed by atoms with van der Waals surface area (Å²) in [6.07, 6.45) is 2.82. The third kappa shape index (κ3) is 17.1. The third-order valence-corrected chi connectivity index (χ3v) is 8.68. The van der Waals surface area contributed by atoms with E-state index in [1.807, 2.05) is 67.5 Å². The van der Waals surface area contributed by atoms with Crippen LogP contribution in [0.2, 0.25) is 0 Å². The smallest absolute Gasteiger partial charge is 0.407 e. The standard InChI is InChI=1S/C26H38N4O4S4.C2H6/c1-25(2,3)33-23(31)29-13-15-35-17-19-21(9-7-11-27-19)37-38-22-10-8-12-28-20(22)18-36-16-14-30-24(32)34-26(4,5)6;1-2/h7-12H,13-18H2,1-6H3,(H,29,31)(H,30,32);1-2H3. The van der Waals surface area contributed by atoms with Crippen LogP contribution in [0.1, 0.15) is 66.8 Å². The molecule has 0 aromatic carbocycles. The molecule has 0 spiro atoms. The number of carbonyl (C=O) groups excluding carboxylic acids is 2. The lowest BCUT2D eigenvalue weighted by atomic mass is 10.2. The Bertz CT molecular complexity index is 948. The van der Waals surface area contributed by atoms with Crippen molar-refractivity contribution in [1.82, 2.24) is 20.6 Å². The Balaban J connectivity index is 0.00000391. The fourth-order valence-corrected chi connectivity index (χ4v) is 6.87. The molecule has 0 atom stereocenters. The molecule has 0 bridgehead atoms. The first-order valence-corrected chi connectivity index (χ1v) is 17.7. The summed E-state index contributed by atoms with van der Waals surface area (Å²) in [7, 11) is 3.34. The first kappa shape index (κ1) is 36.3. The molecule has 2 rings (SSSR count). The monoisotopic (exact) mass is 628 g/mol. The highest BCUT2D eigenvalue weighted by atomic mass is 33.1. The Morgan fingerprint density at radius 3 is 1.45 bits per heavy atom. The van der Waals surface area contributed by atoms with Crippen LogP contribution in [0.5, 0.6) is 0 Å². The van der Waals surface area contributed by atoms with Gasteiger partial charge in [0, 0.05) is 58.3 Å². The molecule has 2 aromatic rings. The number of amides is 2. The summed E-state index contributed by atoms with van der Waals surface area (Å²) in [5.74, 6) is 3.03. The van der Waals surface area contributed by atoms with Gasteiger partial charge in [0.1, 0.15) is 11.2 Å². The van der Waals surface area contributed by atoms with E-state index in [1.54, 1.807) is 57.5 Å². The molecule has 0 saturated carbocycles. The molecule has 0 fully saturated rings. The zero-order valence-corrected chi connectivity index (χ0v) is 28.1. The highest BCUT2D eigenvalue weighted by Gasteiger charge is 2.16. The number of carbonyl (C=O) groups is 2. The van der Waals surface area contributed by atoms with E-state index in [2.05, 4.69) is 32.7 Å². The summed E-state index contributed by atoms with van der Waals surface area (Å²) >= 11 is 3.43. The number of nitrogens with zero attached hydrogens (tertiary/aromatic N) is 2. The van der Waals surface area contributed by atoms with Gasteiger partial charge in [-0.2, -0.15) is 23.5 Å². The van der Waals surface area contributed by atoms with Gasteiger partial charge in [-0.3, -0.25) is 9.97 Å². The van der Waals surface area contributed by atoms with Crippen LogP contribution in [0.25, 0.3) is 0 Å². The lowest BCUT2D eigenvalue weighted by Gasteiger charge is -2.19. The number of rotatable bonds is 13. The van der Waals surface area contributed by atoms with Gasteiger partial charge < -0.3 is 20.1 Å². The molecule has 0 saturated heterocycles. The number of ether oxygens (including phenoxy) is 2. The van der Waals surface area contributed by atoms with Crippen molar-refractivity contribution in [3.8, 4) is 0 Å². The minimum atomic E-state index is -0.499. The minimum Gasteiger partial charge on any atom is -0.444 e. The van der Waals surface area contributed by atoms with Crippen molar-refractivity contribution in [2.24, 2.45) is 0 Å². The molecule has 2 heterocycles. The average Bonchev–Trinajstić information content (AvgIpc) is 2.87. The van der Waals surface area contributed by atoms with Gasteiger partial charge >= 0.3 is 12.2 Å². The molecule has 2 aromatic heterocycles. The van der Waals surface area contributed by atoms with Crippen molar-refractivity contribution in [2.45, 2.75) is 87.9 Å². The van der Waals surface area contributed by atoms with Crippen molar-refractivity contribution in [1.29, 1.82) is 0 Å². The maximum atomic E-state index is 11.8. The molecule has 2 amide bonds. The lowest BCUT2D eigenvalue weighted by Crippen LogP contribution is -2.33. The summed E-state index contributed by atoms with van der Waals surface area (Å²) in [6.45, 7) is 16.2. The van der Waals surface area contributed by atoms with E-state index in [1.165, 1.54) is 0 Å². The number of pyridine rings is 2. The molecule has 40 heavy (non-hydrogen) atoms. The number of aromatic nitrogens is 2. The summed E-state index contributed by atoms with van der Waals surface area (Å²) in [4.78, 5) is 34.9. The summed E-state index contributed by atoms with van der Waals surface area (Å²) in [6, 6.07) is 8.04. The Hall–Kier alpha value is -1.76. The van der Waals surface area contributed by atoms with E-state index in [9.17, 15) is 9.59 Å². The van der Waals surface area contributed by atoms with Gasteiger partial charge in [0.05, 0.1) is 11.4 Å². The predicted molar refractivity (Wildman–Crippen MR) is 172 cm³/mol. The van der Waals surface area contributed by atoms with Gasteiger partial charge in [-0.05, 0) is 65.8 Å². The SMILES string of the molecule is CC.CC(C)(C)OC(=O)NCCSCc1ncccc1SSc1cccnc1CSCCNC(=O)OC(C)(C)C. The van der Waals surface area contributed by atoms with Crippen molar-refractivity contribution in [3.05, 3.63) is 48.0 Å². The Labute approximate surface area is 256 Å². The molecule has 224 valence electrons. The van der Waals surface area contributed by atoms with Crippen molar-refractivity contribution < 1.29 is 19.1 Å². The Morgan fingerprint density at radius 2 is 1.10 bits per heavy atom. The highest BCUT2D eigenvalue weighted by molar-refractivity contribution is 8.76. The van der Waals surface area contributed by atoms with Gasteiger partial charge in [0.25, 0.3) is 0 Å². The number of hydrogen-bond acceptors (Lipinski definition) is 10. The van der Waals surface area contributed by atoms with Crippen LogP contribution in [-0.4, -0.2) is 58.0 Å². The van der Waals surface area contributed by atoms with Crippen LogP contribution < -0.4 is 10.6 Å². The Kier molecular flexibility index (Phi) is 17.6. The normalized spacial score (nSPS) is 11.2. The fraction of sp³-hybridized carbons (Fsp3) is 0.571. The quantitative estimate of drug-likeness (QED) is 0.169. The first-order chi connectivity index (χ1) is 18.9. The zero-order chi connectivity index (χ0) is 30.0. The third-order valence-electron chi connectivity index (χ3n) is 4.22. The number of nitrogens with one attached hydrogen (secondary N) is 2. The second kappa shape index (κ2) is 19.4. The van der Waals surface area contributed by atoms with E-state index in [-0.39, 0.29) is 0 Å². The molecule has 2 N–H and O–H groups in total. The number of thioether (sulfide) groups is 2. The van der Waals surface area contributed by atoms with E-state index in [4.69, 9.17) is 9.47 Å². The largest absolute Gasteiger partial charge is 0.444 e. The lowest BCUT2D eigenvalue weighted by molar-refractivity contribution is 0.0519. The van der Waals surface area contributed by atoms with Crippen LogP contribution in [0.4, 0.5) is 9.59 Å². The molecule has 8 nitrogen and oxygen atoms in total. The van der Waals surface area contributed by atoms with Crippen LogP contribution in [0.3, 0.4) is 0 Å². The summed E-state index contributed by atoms with van der Waals surface area (Å²) in [5, 5.41) is 5.57. The fourth-order valence-electron chi connectivity index (χ4n) is 2.72. The van der Waals surface area contributed by atoms with E-state index in [0.717, 1.165) is 44.2 Å². The van der Waals surface area contributed by atoms with Crippen LogP contribution in [0.15, 0.2) is 46.5 Å². The predicted octanol–water partition coefficient (Wildman–Crippen LogP) is 7.82. The van der Waals surface area contributed by atoms with Crippen LogP contribution >= 0.6 is 45.1 Å². The Morgan fingerprint density at radius 1 is 0.725 bits per heavy atom. The van der Waals surface area contributed by atoms with Crippen molar-refractivity contribution in [2.75, 3.05) is 24.6 Å². The topological polar surface area (TPSA) is 102 Å². The van der Waals surface area contributed by atoms with Crippen molar-refractivity contribution >= 4 is 57.3 Å². The minimum absolute atomic E-state index is 0.395. The summed E-state index contributed by atoms with van der Waals surface area (Å²) in [5.41, 5.74) is 1.03. The molecule has 0 radical (unpaired) electrons. The van der Waals surface area contributed by atoms with Gasteiger partial charge in [0.2, 0.25) is 0 Å². The van der Waals surface area contributed by atoms with Crippen LogP contribution in [0, 0.1) is 0 Å². The van der Waals surface area contributed by atoms with E-state index < -0.39 is 23.4 Å². The second-order valence-corrected chi connectivity index (χ2v) is 14.4. The molecular formula is C28H44N4O4S4.